The quantitative estimate of drug-likeness (QED) is 0.200. The van der Waals surface area contributed by atoms with E-state index in [9.17, 15) is 0 Å². The van der Waals surface area contributed by atoms with Crippen LogP contribution >= 0.6 is 35.3 Å². The molecule has 0 aliphatic rings. The predicted molar refractivity (Wildman–Crippen MR) is 122 cm³/mol. The van der Waals surface area contributed by atoms with Crippen LogP contribution in [-0.4, -0.2) is 44.7 Å². The van der Waals surface area contributed by atoms with E-state index in [1.165, 1.54) is 4.46 Å². The Morgan fingerprint density at radius 1 is 0.700 bits per heavy atom. The number of hydrogen-bond donors (Lipinski definition) is 0. The van der Waals surface area contributed by atoms with E-state index in [1.807, 2.05) is 83.8 Å². The van der Waals surface area contributed by atoms with E-state index in [1.54, 1.807) is 53.9 Å². The molecular formula is C19H20N6S3SeZn. The van der Waals surface area contributed by atoms with Crippen LogP contribution in [0, 0.1) is 3.91 Å². The van der Waals surface area contributed by atoms with Crippen molar-refractivity contribution < 1.29 is 19.5 Å². The first kappa shape index (κ1) is 25.3. The Morgan fingerprint density at radius 2 is 1.07 bits per heavy atom. The third-order valence-electron chi connectivity index (χ3n) is 3.60. The monoisotopic (exact) mass is 572 g/mol. The number of imidazole rings is 3. The van der Waals surface area contributed by atoms with Crippen molar-refractivity contribution in [2.45, 2.75) is 15.5 Å². The van der Waals surface area contributed by atoms with Crippen LogP contribution in [-0.2, 0) is 40.6 Å². The van der Waals surface area contributed by atoms with Gasteiger partial charge in [-0.25, -0.2) is 15.0 Å². The molecule has 0 bridgehead atoms. The topological polar surface area (TPSA) is 53.5 Å². The average Bonchev–Trinajstić information content (AvgIpc) is 3.41. The van der Waals surface area contributed by atoms with Crippen molar-refractivity contribution in [2.24, 2.45) is 21.1 Å². The van der Waals surface area contributed by atoms with Crippen molar-refractivity contribution in [3.63, 3.8) is 0 Å². The summed E-state index contributed by atoms with van der Waals surface area (Å²) in [6.07, 6.45) is 11.2. The van der Waals surface area contributed by atoms with Crippen LogP contribution in [0.25, 0.3) is 0 Å². The summed E-state index contributed by atoms with van der Waals surface area (Å²) in [6, 6.07) is 10.1. The van der Waals surface area contributed by atoms with Crippen molar-refractivity contribution >= 4 is 55.8 Å². The Kier molecular flexibility index (Phi) is 10.8. The van der Waals surface area contributed by atoms with Crippen molar-refractivity contribution in [2.75, 3.05) is 0 Å². The number of aryl methyl sites for hydroxylation is 3. The van der Waals surface area contributed by atoms with Gasteiger partial charge in [0, 0.05) is 58.3 Å². The molecule has 0 N–H and O–H groups in total. The molecule has 30 heavy (non-hydrogen) atoms. The Labute approximate surface area is 210 Å². The molecule has 0 radical (unpaired) electrons. The van der Waals surface area contributed by atoms with Crippen LogP contribution in [0.1, 0.15) is 0 Å². The van der Waals surface area contributed by atoms with Crippen LogP contribution in [0.4, 0.5) is 0 Å². The van der Waals surface area contributed by atoms with Gasteiger partial charge < -0.3 is 13.7 Å². The molecule has 4 aromatic rings. The Bertz CT molecular complexity index is 920. The molecule has 0 saturated carbocycles. The molecule has 0 saturated heterocycles. The van der Waals surface area contributed by atoms with E-state index in [4.69, 9.17) is 0 Å². The molecule has 0 unspecified atom stereocenters. The maximum Gasteiger partial charge on any atom is 2.00 e. The van der Waals surface area contributed by atoms with Gasteiger partial charge in [0.25, 0.3) is 0 Å². The van der Waals surface area contributed by atoms with Crippen LogP contribution in [0.5, 0.6) is 0 Å². The van der Waals surface area contributed by atoms with E-state index < -0.39 is 0 Å². The third-order valence-corrected chi connectivity index (χ3v) is 7.90. The minimum Gasteiger partial charge on any atom is 2.00 e. The fourth-order valence-electron chi connectivity index (χ4n) is 2.06. The zero-order chi connectivity index (χ0) is 20.6. The number of benzene rings is 1. The van der Waals surface area contributed by atoms with Gasteiger partial charge in [-0.3, -0.25) is 35.3 Å². The second-order valence-corrected chi connectivity index (χ2v) is 10.5. The molecule has 4 rings (SSSR count). The largest absolute Gasteiger partial charge is 2.00 e. The number of hydrogen-bond acceptors (Lipinski definition) is 6. The number of thioether (sulfide) groups is 3. The summed E-state index contributed by atoms with van der Waals surface area (Å²) in [7, 11) is 5.97. The second kappa shape index (κ2) is 12.8. The van der Waals surface area contributed by atoms with Crippen molar-refractivity contribution in [3.05, 3.63) is 71.4 Å². The zero-order valence-corrected chi connectivity index (χ0v) is 24.0. The Morgan fingerprint density at radius 3 is 1.30 bits per heavy atom. The van der Waals surface area contributed by atoms with Gasteiger partial charge in [0.2, 0.25) is 0 Å². The first-order chi connectivity index (χ1) is 14.0. The van der Waals surface area contributed by atoms with Crippen molar-refractivity contribution in [1.82, 2.24) is 28.7 Å². The molecule has 0 spiro atoms. The van der Waals surface area contributed by atoms with Gasteiger partial charge in [-0.2, -0.15) is 0 Å². The summed E-state index contributed by atoms with van der Waals surface area (Å²) in [5.41, 5.74) is 0. The molecule has 11 heteroatoms. The molecule has 0 aliphatic carbocycles. The summed E-state index contributed by atoms with van der Waals surface area (Å²) >= 11 is 7.77. The van der Waals surface area contributed by atoms with Crippen molar-refractivity contribution in [1.29, 1.82) is 0 Å². The van der Waals surface area contributed by atoms with E-state index in [0.717, 1.165) is 19.4 Å². The molecule has 0 amide bonds. The Hall–Kier alpha value is -0.957. The maximum atomic E-state index is 4.38. The maximum absolute atomic E-state index is 4.38. The molecule has 0 fully saturated rings. The van der Waals surface area contributed by atoms with E-state index in [2.05, 4.69) is 31.0 Å². The summed E-state index contributed by atoms with van der Waals surface area (Å²) in [4.78, 5) is 13.1. The van der Waals surface area contributed by atoms with Crippen molar-refractivity contribution in [3.8, 4) is 0 Å². The van der Waals surface area contributed by atoms with Gasteiger partial charge in [-0.05, 0) is 0 Å². The number of aromatic nitrogens is 6. The third kappa shape index (κ3) is 7.63. The number of nitrogens with zero attached hydrogens (tertiary/aromatic N) is 6. The predicted octanol–water partition coefficient (Wildman–Crippen LogP) is 3.49. The van der Waals surface area contributed by atoms with Gasteiger partial charge in [0.15, 0.2) is 0 Å². The average molecular weight is 573 g/mol. The number of rotatable bonds is 6. The van der Waals surface area contributed by atoms with Crippen LogP contribution < -0.4 is 4.46 Å². The van der Waals surface area contributed by atoms with Gasteiger partial charge in [0.05, 0.1) is 0 Å². The molecule has 0 atom stereocenters. The van der Waals surface area contributed by atoms with E-state index >= 15 is 0 Å². The van der Waals surface area contributed by atoms with Crippen LogP contribution in [0.15, 0.2) is 83.0 Å². The van der Waals surface area contributed by atoms with Crippen LogP contribution in [0.2, 0.25) is 0 Å². The zero-order valence-electron chi connectivity index (χ0n) is 16.9. The second-order valence-electron chi connectivity index (χ2n) is 5.83. The standard InChI is InChI=1S/C13H15N6S3.C6H6Se.Zn/c1-17-7-4-14-10(17)20-13(21-11-15-5-8-18(11)2)22-12-16-6-9-19(12)3;7-6-4-2-1-3-5-6;/h4-9H,1-3H3;1-5,7H;/q-1;;+2/p-1. The molecule has 3 aromatic heterocycles. The van der Waals surface area contributed by atoms with E-state index in [-0.39, 0.29) is 19.5 Å². The summed E-state index contributed by atoms with van der Waals surface area (Å²) in [5.74, 6) is 0. The Balaban J connectivity index is 0.000000341. The molecular weight excluding hydrogens is 553 g/mol. The fourth-order valence-corrected chi connectivity index (χ4v) is 5.63. The van der Waals surface area contributed by atoms with Crippen LogP contribution in [0.3, 0.4) is 0 Å². The van der Waals surface area contributed by atoms with Gasteiger partial charge in [-0.15, -0.1) is 3.91 Å². The minimum absolute atomic E-state index is 0. The smallest absolute Gasteiger partial charge is 2.00 e. The van der Waals surface area contributed by atoms with E-state index in [0.29, 0.717) is 0 Å². The molecule has 3 heterocycles. The normalized spacial score (nSPS) is 10.4. The van der Waals surface area contributed by atoms with Gasteiger partial charge in [0.1, 0.15) is 15.5 Å². The SMILES string of the molecule is Cn1ccnc1S[C-](Sc1nccn1C)Sc1nccn1C.[Se-]c1ccccc1.[Zn+2]. The van der Waals surface area contributed by atoms with Gasteiger partial charge in [-0.1, -0.05) is 0 Å². The molecule has 6 nitrogen and oxygen atoms in total. The molecule has 1 aromatic carbocycles. The molecule has 152 valence electrons. The fraction of sp³-hybridized carbons (Fsp3) is 0.158. The summed E-state index contributed by atoms with van der Waals surface area (Å²) in [6.45, 7) is 0. The summed E-state index contributed by atoms with van der Waals surface area (Å²) < 4.78 is 8.31. The first-order valence-electron chi connectivity index (χ1n) is 8.57. The minimum atomic E-state index is 0. The first-order valence-corrected chi connectivity index (χ1v) is 11.9. The summed E-state index contributed by atoms with van der Waals surface area (Å²) in [5, 5.41) is 2.83. The van der Waals surface area contributed by atoms with Gasteiger partial charge >= 0.3 is 70.3 Å². The molecule has 0 aliphatic heterocycles.